The van der Waals surface area contributed by atoms with Crippen molar-refractivity contribution < 1.29 is 14.7 Å². The molecule has 1 aromatic rings. The number of amides is 1. The average Bonchev–Trinajstić information content (AvgIpc) is 2.36. The summed E-state index contributed by atoms with van der Waals surface area (Å²) in [4.78, 5) is 22.6. The van der Waals surface area contributed by atoms with Gasteiger partial charge in [-0.25, -0.2) is 4.79 Å². The van der Waals surface area contributed by atoms with Crippen molar-refractivity contribution in [1.29, 1.82) is 0 Å². The smallest absolute Gasteiger partial charge is 0.326 e. The molecule has 0 unspecified atom stereocenters. The van der Waals surface area contributed by atoms with Crippen LogP contribution in [0.2, 0.25) is 0 Å². The third-order valence-corrected chi connectivity index (χ3v) is 3.06. The quantitative estimate of drug-likeness (QED) is 0.786. The summed E-state index contributed by atoms with van der Waals surface area (Å²) in [5, 5.41) is 11.6. The topological polar surface area (TPSA) is 66.4 Å². The molecule has 0 saturated heterocycles. The van der Waals surface area contributed by atoms with Gasteiger partial charge in [0.25, 0.3) is 0 Å². The van der Waals surface area contributed by atoms with Crippen LogP contribution < -0.4 is 5.32 Å². The molecular weight excluding hydrogens is 250 g/mol. The van der Waals surface area contributed by atoms with Gasteiger partial charge in [-0.05, 0) is 11.8 Å². The van der Waals surface area contributed by atoms with Crippen molar-refractivity contribution in [1.82, 2.24) is 5.32 Å². The third kappa shape index (κ3) is 5.23. The van der Waals surface area contributed by atoms with Gasteiger partial charge in [0.1, 0.15) is 6.04 Å². The van der Waals surface area contributed by atoms with E-state index in [1.807, 2.05) is 36.6 Å². The molecule has 0 bridgehead atoms. The molecule has 0 fully saturated rings. The molecule has 1 amide bonds. The van der Waals surface area contributed by atoms with Gasteiger partial charge in [-0.15, -0.1) is 0 Å². The van der Waals surface area contributed by atoms with Gasteiger partial charge < -0.3 is 10.4 Å². The number of carboxylic acids is 1. The molecule has 0 aliphatic carbocycles. The van der Waals surface area contributed by atoms with Gasteiger partial charge in [-0.2, -0.15) is 11.8 Å². The number of carbonyl (C=O) groups excluding carboxylic acids is 1. The fourth-order valence-corrected chi connectivity index (χ4v) is 1.90. The number of hydrogen-bond acceptors (Lipinski definition) is 3. The van der Waals surface area contributed by atoms with Gasteiger partial charge in [0.05, 0.1) is 0 Å². The highest BCUT2D eigenvalue weighted by Crippen LogP contribution is 2.04. The first-order valence-electron chi connectivity index (χ1n) is 5.68. The minimum atomic E-state index is -1.00. The summed E-state index contributed by atoms with van der Waals surface area (Å²) < 4.78 is 0. The number of rotatable bonds is 7. The second-order valence-corrected chi connectivity index (χ2v) is 4.88. The van der Waals surface area contributed by atoms with E-state index in [2.05, 4.69) is 5.32 Å². The largest absolute Gasteiger partial charge is 0.480 e. The van der Waals surface area contributed by atoms with Crippen LogP contribution in [0.3, 0.4) is 0 Å². The maximum absolute atomic E-state index is 11.5. The van der Waals surface area contributed by atoms with Gasteiger partial charge in [-0.1, -0.05) is 30.3 Å². The van der Waals surface area contributed by atoms with Crippen LogP contribution in [0.25, 0.3) is 0 Å². The van der Waals surface area contributed by atoms with Crippen molar-refractivity contribution in [3.63, 3.8) is 0 Å². The molecule has 18 heavy (non-hydrogen) atoms. The lowest BCUT2D eigenvalue weighted by molar-refractivity contribution is -0.141. The Kier molecular flexibility index (Phi) is 6.28. The Labute approximate surface area is 111 Å². The zero-order valence-corrected chi connectivity index (χ0v) is 11.1. The van der Waals surface area contributed by atoms with Crippen LogP contribution in [0, 0.1) is 0 Å². The Bertz CT molecular complexity index is 394. The first kappa shape index (κ1) is 14.6. The highest BCUT2D eigenvalue weighted by atomic mass is 32.2. The SMILES string of the molecule is CSCCC(=O)N[C@H](Cc1ccccc1)C(=O)O. The predicted molar refractivity (Wildman–Crippen MR) is 72.7 cm³/mol. The Hall–Kier alpha value is -1.49. The van der Waals surface area contributed by atoms with Gasteiger partial charge in [0, 0.05) is 18.6 Å². The van der Waals surface area contributed by atoms with Gasteiger partial charge >= 0.3 is 5.97 Å². The molecule has 0 saturated carbocycles. The Balaban J connectivity index is 2.55. The predicted octanol–water partition coefficient (Wildman–Crippen LogP) is 1.55. The highest BCUT2D eigenvalue weighted by molar-refractivity contribution is 7.98. The minimum absolute atomic E-state index is 0.215. The lowest BCUT2D eigenvalue weighted by atomic mass is 10.1. The normalized spacial score (nSPS) is 11.8. The van der Waals surface area contributed by atoms with Crippen LogP contribution in [0.1, 0.15) is 12.0 Å². The third-order valence-electron chi connectivity index (χ3n) is 2.45. The van der Waals surface area contributed by atoms with Crippen LogP contribution in [0.5, 0.6) is 0 Å². The molecule has 0 aromatic heterocycles. The molecule has 0 heterocycles. The lowest BCUT2D eigenvalue weighted by Gasteiger charge is -2.14. The van der Waals surface area contributed by atoms with Crippen LogP contribution in [-0.2, 0) is 16.0 Å². The van der Waals surface area contributed by atoms with E-state index in [0.717, 1.165) is 5.56 Å². The molecule has 5 heteroatoms. The molecule has 98 valence electrons. The fraction of sp³-hybridized carbons (Fsp3) is 0.385. The summed E-state index contributed by atoms with van der Waals surface area (Å²) in [6, 6.07) is 8.42. The average molecular weight is 267 g/mol. The van der Waals surface area contributed by atoms with E-state index in [9.17, 15) is 9.59 Å². The van der Waals surface area contributed by atoms with Crippen LogP contribution >= 0.6 is 11.8 Å². The van der Waals surface area contributed by atoms with Crippen LogP contribution in [-0.4, -0.2) is 35.0 Å². The summed E-state index contributed by atoms with van der Waals surface area (Å²) >= 11 is 1.56. The molecular formula is C13H17NO3S. The van der Waals surface area contributed by atoms with Crippen molar-refractivity contribution >= 4 is 23.6 Å². The van der Waals surface area contributed by atoms with Crippen LogP contribution in [0.15, 0.2) is 30.3 Å². The van der Waals surface area contributed by atoms with Gasteiger partial charge in [0.15, 0.2) is 0 Å². The molecule has 0 spiro atoms. The summed E-state index contributed by atoms with van der Waals surface area (Å²) in [6.07, 6.45) is 2.56. The first-order valence-corrected chi connectivity index (χ1v) is 7.08. The molecule has 2 N–H and O–H groups in total. The van der Waals surface area contributed by atoms with E-state index in [1.165, 1.54) is 0 Å². The van der Waals surface area contributed by atoms with Gasteiger partial charge in [-0.3, -0.25) is 4.79 Å². The van der Waals surface area contributed by atoms with E-state index in [-0.39, 0.29) is 5.91 Å². The zero-order valence-electron chi connectivity index (χ0n) is 10.3. The molecule has 1 rings (SSSR count). The number of thioether (sulfide) groups is 1. The fourth-order valence-electron chi connectivity index (χ4n) is 1.51. The van der Waals surface area contributed by atoms with E-state index in [0.29, 0.717) is 18.6 Å². The molecule has 1 aromatic carbocycles. The Morgan fingerprint density at radius 2 is 2.00 bits per heavy atom. The van der Waals surface area contributed by atoms with Crippen LogP contribution in [0.4, 0.5) is 0 Å². The van der Waals surface area contributed by atoms with Crippen molar-refractivity contribution in [3.05, 3.63) is 35.9 Å². The number of nitrogens with one attached hydrogen (secondary N) is 1. The van der Waals surface area contributed by atoms with Crippen molar-refractivity contribution in [2.45, 2.75) is 18.9 Å². The second-order valence-electron chi connectivity index (χ2n) is 3.89. The van der Waals surface area contributed by atoms with E-state index in [1.54, 1.807) is 11.8 Å². The zero-order chi connectivity index (χ0) is 13.4. The molecule has 0 aliphatic rings. The molecule has 0 radical (unpaired) electrons. The Morgan fingerprint density at radius 3 is 2.56 bits per heavy atom. The van der Waals surface area contributed by atoms with E-state index in [4.69, 9.17) is 5.11 Å². The lowest BCUT2D eigenvalue weighted by Crippen LogP contribution is -2.42. The van der Waals surface area contributed by atoms with E-state index < -0.39 is 12.0 Å². The van der Waals surface area contributed by atoms with Gasteiger partial charge in [0.2, 0.25) is 5.91 Å². The standard InChI is InChI=1S/C13H17NO3S/c1-18-8-7-12(15)14-11(13(16)17)9-10-5-3-2-4-6-10/h2-6,11H,7-9H2,1H3,(H,14,15)(H,16,17)/t11-/m1/s1. The second kappa shape index (κ2) is 7.76. The maximum atomic E-state index is 11.5. The summed E-state index contributed by atoms with van der Waals surface area (Å²) in [5.41, 5.74) is 0.898. The number of benzene rings is 1. The Morgan fingerprint density at radius 1 is 1.33 bits per heavy atom. The first-order chi connectivity index (χ1) is 8.63. The monoisotopic (exact) mass is 267 g/mol. The van der Waals surface area contributed by atoms with Crippen molar-refractivity contribution in [3.8, 4) is 0 Å². The summed E-state index contributed by atoms with van der Waals surface area (Å²) in [7, 11) is 0. The molecule has 4 nitrogen and oxygen atoms in total. The molecule has 0 aliphatic heterocycles. The molecule has 1 atom stereocenters. The minimum Gasteiger partial charge on any atom is -0.480 e. The number of hydrogen-bond donors (Lipinski definition) is 2. The maximum Gasteiger partial charge on any atom is 0.326 e. The van der Waals surface area contributed by atoms with Crippen molar-refractivity contribution in [2.24, 2.45) is 0 Å². The van der Waals surface area contributed by atoms with Crippen molar-refractivity contribution in [2.75, 3.05) is 12.0 Å². The summed E-state index contributed by atoms with van der Waals surface area (Å²) in [6.45, 7) is 0. The highest BCUT2D eigenvalue weighted by Gasteiger charge is 2.19. The summed E-state index contributed by atoms with van der Waals surface area (Å²) in [5.74, 6) is -0.521. The number of aliphatic carboxylic acids is 1. The number of carbonyl (C=O) groups is 2. The van der Waals surface area contributed by atoms with E-state index >= 15 is 0 Å². The number of carboxylic acid groups (broad SMARTS) is 1.